The van der Waals surface area contributed by atoms with E-state index in [-0.39, 0.29) is 0 Å². The number of hydrogen-bond acceptors (Lipinski definition) is 7. The number of rotatable bonds is 5. The molecule has 27 heavy (non-hydrogen) atoms. The maximum atomic E-state index is 5.44. The highest BCUT2D eigenvalue weighted by molar-refractivity contribution is 5.44. The van der Waals surface area contributed by atoms with Crippen LogP contribution in [0.1, 0.15) is 11.4 Å². The molecule has 2 saturated heterocycles. The van der Waals surface area contributed by atoms with E-state index in [1.807, 2.05) is 25.3 Å². The van der Waals surface area contributed by atoms with Gasteiger partial charge < -0.3 is 14.5 Å². The highest BCUT2D eigenvalue weighted by Crippen LogP contribution is 2.17. The van der Waals surface area contributed by atoms with Crippen LogP contribution in [0.3, 0.4) is 0 Å². The zero-order valence-electron chi connectivity index (χ0n) is 16.0. The standard InChI is InChI=1S/C20H28N6O/c1-17-3-2-4-18(22-17)6-8-24-9-11-26(12-10-24)20-21-7-5-19(23-20)25-13-15-27-16-14-25/h2-5,7H,6,8-16H2,1H3. The van der Waals surface area contributed by atoms with E-state index >= 15 is 0 Å². The fourth-order valence-electron chi connectivity index (χ4n) is 3.64. The molecule has 0 atom stereocenters. The number of aromatic nitrogens is 3. The number of ether oxygens (including phenoxy) is 1. The van der Waals surface area contributed by atoms with E-state index in [4.69, 9.17) is 9.72 Å². The number of hydrogen-bond donors (Lipinski definition) is 0. The molecule has 0 spiro atoms. The highest BCUT2D eigenvalue weighted by atomic mass is 16.5. The van der Waals surface area contributed by atoms with Gasteiger partial charge in [0.2, 0.25) is 5.95 Å². The van der Waals surface area contributed by atoms with Crippen molar-refractivity contribution in [2.45, 2.75) is 13.3 Å². The summed E-state index contributed by atoms with van der Waals surface area (Å²) in [5.41, 5.74) is 2.27. The van der Waals surface area contributed by atoms with Gasteiger partial charge in [0, 0.05) is 69.8 Å². The quantitative estimate of drug-likeness (QED) is 0.790. The molecule has 0 amide bonds. The second-order valence-electron chi connectivity index (χ2n) is 7.16. The molecule has 4 heterocycles. The number of piperazine rings is 1. The summed E-state index contributed by atoms with van der Waals surface area (Å²) in [5, 5.41) is 0. The summed E-state index contributed by atoms with van der Waals surface area (Å²) >= 11 is 0. The Morgan fingerprint density at radius 1 is 0.926 bits per heavy atom. The van der Waals surface area contributed by atoms with Crippen LogP contribution in [0, 0.1) is 6.92 Å². The lowest BCUT2D eigenvalue weighted by atomic mass is 10.2. The monoisotopic (exact) mass is 368 g/mol. The summed E-state index contributed by atoms with van der Waals surface area (Å²) in [7, 11) is 0. The zero-order valence-corrected chi connectivity index (χ0v) is 16.0. The van der Waals surface area contributed by atoms with Crippen molar-refractivity contribution >= 4 is 11.8 Å². The first-order valence-electron chi connectivity index (χ1n) is 9.83. The number of anilines is 2. The molecule has 0 aliphatic carbocycles. The number of pyridine rings is 1. The third-order valence-corrected chi connectivity index (χ3v) is 5.25. The van der Waals surface area contributed by atoms with Crippen LogP contribution in [0.2, 0.25) is 0 Å². The van der Waals surface area contributed by atoms with Crippen LogP contribution in [-0.4, -0.2) is 78.9 Å². The third-order valence-electron chi connectivity index (χ3n) is 5.25. The molecule has 0 bridgehead atoms. The van der Waals surface area contributed by atoms with Crippen molar-refractivity contribution in [3.63, 3.8) is 0 Å². The minimum Gasteiger partial charge on any atom is -0.378 e. The van der Waals surface area contributed by atoms with Crippen molar-refractivity contribution in [1.82, 2.24) is 19.9 Å². The van der Waals surface area contributed by atoms with Crippen LogP contribution in [0.25, 0.3) is 0 Å². The van der Waals surface area contributed by atoms with Crippen molar-refractivity contribution in [2.24, 2.45) is 0 Å². The average Bonchev–Trinajstić information content (AvgIpc) is 2.73. The molecule has 0 saturated carbocycles. The van der Waals surface area contributed by atoms with Crippen LogP contribution in [-0.2, 0) is 11.2 Å². The van der Waals surface area contributed by atoms with Crippen molar-refractivity contribution in [1.29, 1.82) is 0 Å². The average molecular weight is 368 g/mol. The molecule has 0 radical (unpaired) electrons. The first-order valence-corrected chi connectivity index (χ1v) is 9.83. The number of aryl methyl sites for hydroxylation is 1. The SMILES string of the molecule is Cc1cccc(CCN2CCN(c3nccc(N4CCOCC4)n3)CC2)n1. The molecule has 2 aromatic heterocycles. The Kier molecular flexibility index (Phi) is 5.79. The fourth-order valence-corrected chi connectivity index (χ4v) is 3.64. The maximum Gasteiger partial charge on any atom is 0.227 e. The Labute approximate surface area is 161 Å². The Morgan fingerprint density at radius 2 is 1.74 bits per heavy atom. The van der Waals surface area contributed by atoms with Crippen LogP contribution < -0.4 is 9.80 Å². The van der Waals surface area contributed by atoms with Crippen LogP contribution >= 0.6 is 0 Å². The lowest BCUT2D eigenvalue weighted by Gasteiger charge is -2.35. The summed E-state index contributed by atoms with van der Waals surface area (Å²) in [6, 6.07) is 8.26. The summed E-state index contributed by atoms with van der Waals surface area (Å²) in [4.78, 5) is 21.0. The first-order chi connectivity index (χ1) is 13.3. The zero-order chi connectivity index (χ0) is 18.5. The van der Waals surface area contributed by atoms with E-state index in [1.165, 1.54) is 5.69 Å². The van der Waals surface area contributed by atoms with E-state index in [9.17, 15) is 0 Å². The van der Waals surface area contributed by atoms with Gasteiger partial charge in [0.15, 0.2) is 0 Å². The van der Waals surface area contributed by atoms with Crippen molar-refractivity contribution in [3.05, 3.63) is 41.9 Å². The van der Waals surface area contributed by atoms with Gasteiger partial charge in [0.1, 0.15) is 5.82 Å². The second-order valence-corrected chi connectivity index (χ2v) is 7.16. The Morgan fingerprint density at radius 3 is 2.52 bits per heavy atom. The van der Waals surface area contributed by atoms with Crippen LogP contribution in [0.5, 0.6) is 0 Å². The van der Waals surface area contributed by atoms with Gasteiger partial charge in [0.05, 0.1) is 13.2 Å². The summed E-state index contributed by atoms with van der Waals surface area (Å²) in [6.45, 7) is 10.5. The largest absolute Gasteiger partial charge is 0.378 e. The van der Waals surface area contributed by atoms with Gasteiger partial charge in [-0.1, -0.05) is 6.07 Å². The van der Waals surface area contributed by atoms with E-state index < -0.39 is 0 Å². The van der Waals surface area contributed by atoms with Crippen molar-refractivity contribution < 1.29 is 4.74 Å². The van der Waals surface area contributed by atoms with Gasteiger partial charge in [0.25, 0.3) is 0 Å². The molecule has 7 nitrogen and oxygen atoms in total. The third kappa shape index (κ3) is 4.73. The van der Waals surface area contributed by atoms with Gasteiger partial charge in [-0.3, -0.25) is 9.88 Å². The molecular formula is C20H28N6O. The molecule has 4 rings (SSSR count). The number of morpholine rings is 1. The van der Waals surface area contributed by atoms with Gasteiger partial charge in [-0.15, -0.1) is 0 Å². The van der Waals surface area contributed by atoms with Gasteiger partial charge >= 0.3 is 0 Å². The van der Waals surface area contributed by atoms with E-state index in [1.54, 1.807) is 0 Å². The topological polar surface area (TPSA) is 57.6 Å². The summed E-state index contributed by atoms with van der Waals surface area (Å²) < 4.78 is 5.44. The van der Waals surface area contributed by atoms with Crippen LogP contribution in [0.15, 0.2) is 30.5 Å². The molecule has 2 aliphatic rings. The maximum absolute atomic E-state index is 5.44. The minimum atomic E-state index is 0.772. The molecule has 144 valence electrons. The van der Waals surface area contributed by atoms with E-state index in [0.29, 0.717) is 0 Å². The molecule has 2 aromatic rings. The van der Waals surface area contributed by atoms with E-state index in [0.717, 1.165) is 82.9 Å². The van der Waals surface area contributed by atoms with Crippen molar-refractivity contribution in [2.75, 3.05) is 68.8 Å². The lowest BCUT2D eigenvalue weighted by Crippen LogP contribution is -2.47. The lowest BCUT2D eigenvalue weighted by molar-refractivity contribution is 0.122. The smallest absolute Gasteiger partial charge is 0.227 e. The first kappa shape index (κ1) is 18.1. The molecule has 0 N–H and O–H groups in total. The summed E-state index contributed by atoms with van der Waals surface area (Å²) in [6.07, 6.45) is 2.88. The van der Waals surface area contributed by atoms with Crippen LogP contribution in [0.4, 0.5) is 11.8 Å². The molecule has 0 aromatic carbocycles. The number of nitrogens with zero attached hydrogens (tertiary/aromatic N) is 6. The summed E-state index contributed by atoms with van der Waals surface area (Å²) in [5.74, 6) is 1.86. The fraction of sp³-hybridized carbons (Fsp3) is 0.550. The molecule has 0 unspecified atom stereocenters. The predicted molar refractivity (Wildman–Crippen MR) is 106 cm³/mol. The predicted octanol–water partition coefficient (Wildman–Crippen LogP) is 1.38. The van der Waals surface area contributed by atoms with E-state index in [2.05, 4.69) is 36.8 Å². The molecular weight excluding hydrogens is 340 g/mol. The Hall–Kier alpha value is -2.25. The second kappa shape index (κ2) is 8.63. The van der Waals surface area contributed by atoms with Gasteiger partial charge in [-0.05, 0) is 25.1 Å². The molecule has 7 heteroatoms. The Bertz CT molecular complexity index is 741. The van der Waals surface area contributed by atoms with Gasteiger partial charge in [-0.2, -0.15) is 4.98 Å². The van der Waals surface area contributed by atoms with Gasteiger partial charge in [-0.25, -0.2) is 4.98 Å². The normalized spacial score (nSPS) is 18.7. The Balaban J connectivity index is 1.30. The molecule has 2 fully saturated rings. The van der Waals surface area contributed by atoms with Crippen molar-refractivity contribution in [3.8, 4) is 0 Å². The highest BCUT2D eigenvalue weighted by Gasteiger charge is 2.20. The molecule has 2 aliphatic heterocycles. The minimum absolute atomic E-state index is 0.772.